The lowest BCUT2D eigenvalue weighted by atomic mass is 9.99. The first-order chi connectivity index (χ1) is 13.0. The van der Waals surface area contributed by atoms with Gasteiger partial charge in [0, 0.05) is 36.6 Å². The van der Waals surface area contributed by atoms with Gasteiger partial charge in [-0.05, 0) is 43.0 Å². The smallest absolute Gasteiger partial charge is 0.343 e. The van der Waals surface area contributed by atoms with Gasteiger partial charge < -0.3 is 19.8 Å². The van der Waals surface area contributed by atoms with Crippen LogP contribution in [0.3, 0.4) is 0 Å². The molecular formula is C19H22ClN3O4. The molecule has 2 heterocycles. The molecule has 3 rings (SSSR count). The minimum absolute atomic E-state index is 0.0587. The molecule has 1 aromatic heterocycles. The van der Waals surface area contributed by atoms with Crippen LogP contribution in [0, 0.1) is 5.92 Å². The van der Waals surface area contributed by atoms with Crippen molar-refractivity contribution in [3.8, 4) is 11.3 Å². The van der Waals surface area contributed by atoms with Crippen LogP contribution in [0.5, 0.6) is 0 Å². The summed E-state index contributed by atoms with van der Waals surface area (Å²) in [6, 6.07) is 6.63. The largest absolute Gasteiger partial charge is 0.477 e. The van der Waals surface area contributed by atoms with Crippen LogP contribution in [0.2, 0.25) is 5.02 Å². The van der Waals surface area contributed by atoms with E-state index in [0.29, 0.717) is 16.5 Å². The molecule has 1 aliphatic rings. The molecule has 8 heteroatoms. The summed E-state index contributed by atoms with van der Waals surface area (Å²) >= 11 is 5.87. The summed E-state index contributed by atoms with van der Waals surface area (Å²) in [5.41, 5.74) is 0.507. The topological polar surface area (TPSA) is 95.7 Å². The predicted molar refractivity (Wildman–Crippen MR) is 102 cm³/mol. The van der Waals surface area contributed by atoms with E-state index in [0.717, 1.165) is 25.9 Å². The summed E-state index contributed by atoms with van der Waals surface area (Å²) in [4.78, 5) is 25.8. The summed E-state index contributed by atoms with van der Waals surface area (Å²) < 4.78 is 5.24. The van der Waals surface area contributed by atoms with Crippen molar-refractivity contribution in [1.82, 2.24) is 10.1 Å². The number of likely N-dealkylation sites (tertiary alicyclic amines) is 1. The lowest BCUT2D eigenvalue weighted by Gasteiger charge is -2.30. The van der Waals surface area contributed by atoms with Crippen molar-refractivity contribution < 1.29 is 19.2 Å². The second kappa shape index (κ2) is 8.43. The highest BCUT2D eigenvalue weighted by molar-refractivity contribution is 6.30. The highest BCUT2D eigenvalue weighted by Crippen LogP contribution is 2.30. The lowest BCUT2D eigenvalue weighted by Crippen LogP contribution is -2.38. The molecule has 1 aliphatic heterocycles. The summed E-state index contributed by atoms with van der Waals surface area (Å²) in [7, 11) is 0. The molecule has 27 heavy (non-hydrogen) atoms. The molecule has 1 fully saturated rings. The quantitative estimate of drug-likeness (QED) is 0.778. The number of anilines is 1. The van der Waals surface area contributed by atoms with E-state index in [4.69, 9.17) is 16.1 Å². The average molecular weight is 392 g/mol. The lowest BCUT2D eigenvalue weighted by molar-refractivity contribution is -0.132. The molecule has 0 spiro atoms. The monoisotopic (exact) mass is 391 g/mol. The van der Waals surface area contributed by atoms with Crippen LogP contribution in [0.4, 0.5) is 5.82 Å². The molecule has 2 N–H and O–H groups in total. The number of nitrogens with one attached hydrogen (secondary N) is 1. The van der Waals surface area contributed by atoms with Crippen LogP contribution in [-0.4, -0.2) is 46.7 Å². The second-order valence-electron chi connectivity index (χ2n) is 6.79. The van der Waals surface area contributed by atoms with Crippen molar-refractivity contribution in [2.45, 2.75) is 26.2 Å². The van der Waals surface area contributed by atoms with Gasteiger partial charge in [-0.25, -0.2) is 4.79 Å². The van der Waals surface area contributed by atoms with Gasteiger partial charge in [-0.2, -0.15) is 0 Å². The van der Waals surface area contributed by atoms with Gasteiger partial charge in [-0.3, -0.25) is 4.79 Å². The molecule has 7 nitrogen and oxygen atoms in total. The van der Waals surface area contributed by atoms with E-state index < -0.39 is 5.97 Å². The van der Waals surface area contributed by atoms with E-state index in [9.17, 15) is 14.7 Å². The van der Waals surface area contributed by atoms with Gasteiger partial charge in [0.15, 0.2) is 17.1 Å². The molecule has 0 saturated carbocycles. The number of carboxylic acid groups (broad SMARTS) is 1. The van der Waals surface area contributed by atoms with Gasteiger partial charge in [0.2, 0.25) is 5.91 Å². The summed E-state index contributed by atoms with van der Waals surface area (Å²) in [5, 5.41) is 16.8. The molecule has 0 radical (unpaired) electrons. The van der Waals surface area contributed by atoms with Crippen molar-refractivity contribution in [3.05, 3.63) is 34.9 Å². The molecular weight excluding hydrogens is 370 g/mol. The third-order valence-corrected chi connectivity index (χ3v) is 5.03. The number of aromatic nitrogens is 1. The van der Waals surface area contributed by atoms with Crippen LogP contribution >= 0.6 is 11.6 Å². The number of amides is 1. The van der Waals surface area contributed by atoms with Crippen LogP contribution in [0.1, 0.15) is 36.5 Å². The summed E-state index contributed by atoms with van der Waals surface area (Å²) in [6.45, 7) is 4.05. The van der Waals surface area contributed by atoms with E-state index in [-0.39, 0.29) is 36.0 Å². The maximum atomic E-state index is 12.3. The van der Waals surface area contributed by atoms with E-state index in [1.165, 1.54) is 0 Å². The third kappa shape index (κ3) is 4.60. The Morgan fingerprint density at radius 1 is 1.30 bits per heavy atom. The van der Waals surface area contributed by atoms with Crippen LogP contribution in [0.15, 0.2) is 28.8 Å². The molecule has 1 saturated heterocycles. The van der Waals surface area contributed by atoms with E-state index in [2.05, 4.69) is 17.4 Å². The number of aromatic carboxylic acids is 1. The molecule has 1 aromatic carbocycles. The Morgan fingerprint density at radius 2 is 1.96 bits per heavy atom. The molecule has 0 bridgehead atoms. The first-order valence-electron chi connectivity index (χ1n) is 8.96. The predicted octanol–water partition coefficient (Wildman–Crippen LogP) is 3.75. The van der Waals surface area contributed by atoms with Gasteiger partial charge in [0.05, 0.1) is 0 Å². The fourth-order valence-corrected chi connectivity index (χ4v) is 3.24. The minimum Gasteiger partial charge on any atom is -0.477 e. The Labute approximate surface area is 162 Å². The van der Waals surface area contributed by atoms with Gasteiger partial charge >= 0.3 is 5.97 Å². The SMILES string of the molecule is CC1CCN(C(=O)CCNc2noc(-c3ccc(Cl)cc3)c2C(=O)O)CC1. The van der Waals surface area contributed by atoms with Gasteiger partial charge in [-0.15, -0.1) is 0 Å². The first kappa shape index (κ1) is 19.2. The van der Waals surface area contributed by atoms with Crippen molar-refractivity contribution in [2.24, 2.45) is 5.92 Å². The number of carbonyl (C=O) groups excluding carboxylic acids is 1. The number of carbonyl (C=O) groups is 2. The maximum absolute atomic E-state index is 12.3. The average Bonchev–Trinajstić information content (AvgIpc) is 3.07. The maximum Gasteiger partial charge on any atom is 0.343 e. The van der Waals surface area contributed by atoms with Gasteiger partial charge in [0.25, 0.3) is 0 Å². The summed E-state index contributed by atoms with van der Waals surface area (Å²) in [6.07, 6.45) is 2.32. The standard InChI is InChI=1S/C19H22ClN3O4/c1-12-7-10-23(11-8-12)15(24)6-9-21-18-16(19(25)26)17(27-22-18)13-2-4-14(20)5-3-13/h2-5,12H,6-11H2,1H3,(H,21,22)(H,25,26). The third-order valence-electron chi connectivity index (χ3n) is 4.78. The zero-order valence-corrected chi connectivity index (χ0v) is 15.8. The zero-order valence-electron chi connectivity index (χ0n) is 15.1. The number of hydrogen-bond acceptors (Lipinski definition) is 5. The van der Waals surface area contributed by atoms with Crippen LogP contribution in [0.25, 0.3) is 11.3 Å². The summed E-state index contributed by atoms with van der Waals surface area (Å²) in [5.74, 6) is -0.162. The normalized spacial score (nSPS) is 15.0. The van der Waals surface area contributed by atoms with Crippen molar-refractivity contribution >= 4 is 29.3 Å². The molecule has 144 valence electrons. The van der Waals surface area contributed by atoms with E-state index >= 15 is 0 Å². The van der Waals surface area contributed by atoms with E-state index in [1.54, 1.807) is 24.3 Å². The fourth-order valence-electron chi connectivity index (χ4n) is 3.11. The Kier molecular flexibility index (Phi) is 6.01. The number of halogens is 1. The Morgan fingerprint density at radius 3 is 2.59 bits per heavy atom. The fraction of sp³-hybridized carbons (Fsp3) is 0.421. The Balaban J connectivity index is 1.64. The highest BCUT2D eigenvalue weighted by atomic mass is 35.5. The molecule has 1 amide bonds. The van der Waals surface area contributed by atoms with Crippen molar-refractivity contribution in [2.75, 3.05) is 25.0 Å². The highest BCUT2D eigenvalue weighted by Gasteiger charge is 2.24. The number of carboxylic acids is 1. The number of rotatable bonds is 6. The minimum atomic E-state index is -1.15. The van der Waals surface area contributed by atoms with Gasteiger partial charge in [0.1, 0.15) is 0 Å². The number of hydrogen-bond donors (Lipinski definition) is 2. The Hall–Kier alpha value is -2.54. The Bertz CT molecular complexity index is 811. The molecule has 2 aromatic rings. The van der Waals surface area contributed by atoms with Crippen molar-refractivity contribution in [1.29, 1.82) is 0 Å². The number of nitrogens with zero attached hydrogens (tertiary/aromatic N) is 2. The molecule has 0 unspecified atom stereocenters. The number of piperidine rings is 1. The molecule has 0 aliphatic carbocycles. The van der Waals surface area contributed by atoms with Gasteiger partial charge in [-0.1, -0.05) is 23.7 Å². The molecule has 0 atom stereocenters. The zero-order chi connectivity index (χ0) is 19.4. The number of benzene rings is 1. The van der Waals surface area contributed by atoms with Crippen LogP contribution < -0.4 is 5.32 Å². The van der Waals surface area contributed by atoms with E-state index in [1.807, 2.05) is 4.90 Å². The van der Waals surface area contributed by atoms with Crippen LogP contribution in [-0.2, 0) is 4.79 Å². The second-order valence-corrected chi connectivity index (χ2v) is 7.22. The van der Waals surface area contributed by atoms with Crippen molar-refractivity contribution in [3.63, 3.8) is 0 Å². The first-order valence-corrected chi connectivity index (χ1v) is 9.34.